The number of thiophene rings is 1. The fourth-order valence-corrected chi connectivity index (χ4v) is 5.97. The molecule has 2 aliphatic rings. The molecule has 2 heteroatoms. The molecule has 0 bridgehead atoms. The molecule has 0 radical (unpaired) electrons. The lowest BCUT2D eigenvalue weighted by Crippen LogP contribution is -2.22. The zero-order chi connectivity index (χ0) is 23.2. The van der Waals surface area contributed by atoms with Crippen LogP contribution in [0.2, 0.25) is 0 Å². The minimum atomic E-state index is 0.514. The van der Waals surface area contributed by atoms with E-state index in [0.717, 1.165) is 31.6 Å². The molecule has 4 unspecified atom stereocenters. The van der Waals surface area contributed by atoms with Crippen LogP contribution in [0.3, 0.4) is 0 Å². The fourth-order valence-electron chi connectivity index (χ4n) is 5.30. The number of fused-ring (bicyclic) bond motifs is 1. The minimum Gasteiger partial charge on any atom is -0.493 e. The Balaban J connectivity index is 1.59. The lowest BCUT2D eigenvalue weighted by Gasteiger charge is -2.31. The van der Waals surface area contributed by atoms with Crippen molar-refractivity contribution < 1.29 is 4.74 Å². The second-order valence-electron chi connectivity index (χ2n) is 9.75. The molecule has 0 fully saturated rings. The van der Waals surface area contributed by atoms with Crippen molar-refractivity contribution in [2.24, 2.45) is 23.7 Å². The predicted octanol–water partition coefficient (Wildman–Crippen LogP) is 9.04. The largest absolute Gasteiger partial charge is 0.493 e. The Morgan fingerprint density at radius 1 is 1.21 bits per heavy atom. The molecule has 2 heterocycles. The Hall–Kier alpha value is -2.32. The molecule has 33 heavy (non-hydrogen) atoms. The SMILES string of the molecule is CC=CC(CC1CCOc2ccc(-c3ccsc3)cc2CC1C)=C1C=CC=CC1C(C)CC. The van der Waals surface area contributed by atoms with Crippen molar-refractivity contribution in [3.05, 3.63) is 88.2 Å². The quantitative estimate of drug-likeness (QED) is 0.419. The van der Waals surface area contributed by atoms with Crippen LogP contribution in [0.5, 0.6) is 5.75 Å². The van der Waals surface area contributed by atoms with E-state index in [2.05, 4.69) is 99.2 Å². The second kappa shape index (κ2) is 11.2. The lowest BCUT2D eigenvalue weighted by molar-refractivity contribution is 0.222. The second-order valence-corrected chi connectivity index (χ2v) is 10.5. The number of hydrogen-bond acceptors (Lipinski definition) is 2. The molecule has 1 aromatic heterocycles. The van der Waals surface area contributed by atoms with E-state index >= 15 is 0 Å². The van der Waals surface area contributed by atoms with Crippen LogP contribution in [0.25, 0.3) is 11.1 Å². The number of ether oxygens (including phenoxy) is 1. The molecule has 4 rings (SSSR count). The van der Waals surface area contributed by atoms with Crippen LogP contribution in [0.15, 0.2) is 82.6 Å². The average molecular weight is 459 g/mol. The van der Waals surface area contributed by atoms with Crippen molar-refractivity contribution in [2.75, 3.05) is 6.61 Å². The summed E-state index contributed by atoms with van der Waals surface area (Å²) in [6, 6.07) is 8.95. The van der Waals surface area contributed by atoms with E-state index in [1.54, 1.807) is 11.3 Å². The van der Waals surface area contributed by atoms with E-state index < -0.39 is 0 Å². The molecule has 0 N–H and O–H groups in total. The fraction of sp³-hybridized carbons (Fsp3) is 0.419. The molecule has 1 nitrogen and oxygen atoms in total. The van der Waals surface area contributed by atoms with Crippen LogP contribution in [0.4, 0.5) is 0 Å². The number of rotatable bonds is 6. The molecule has 1 aliphatic carbocycles. The van der Waals surface area contributed by atoms with Gasteiger partial charge in [-0.3, -0.25) is 0 Å². The van der Waals surface area contributed by atoms with E-state index in [-0.39, 0.29) is 0 Å². The van der Waals surface area contributed by atoms with Gasteiger partial charge in [0.15, 0.2) is 0 Å². The van der Waals surface area contributed by atoms with Gasteiger partial charge >= 0.3 is 0 Å². The Bertz CT molecular complexity index is 1040. The summed E-state index contributed by atoms with van der Waals surface area (Å²) in [5, 5.41) is 4.38. The van der Waals surface area contributed by atoms with E-state index in [0.29, 0.717) is 23.7 Å². The van der Waals surface area contributed by atoms with Crippen molar-refractivity contribution in [2.45, 2.75) is 53.4 Å². The summed E-state index contributed by atoms with van der Waals surface area (Å²) in [6.45, 7) is 10.1. The third kappa shape index (κ3) is 5.61. The van der Waals surface area contributed by atoms with E-state index in [9.17, 15) is 0 Å². The highest BCUT2D eigenvalue weighted by Gasteiger charge is 2.26. The van der Waals surface area contributed by atoms with Crippen molar-refractivity contribution in [1.29, 1.82) is 0 Å². The van der Waals surface area contributed by atoms with Gasteiger partial charge in [0.05, 0.1) is 6.61 Å². The summed E-state index contributed by atoms with van der Waals surface area (Å²) in [5.41, 5.74) is 6.99. The predicted molar refractivity (Wildman–Crippen MR) is 144 cm³/mol. The van der Waals surface area contributed by atoms with Crippen LogP contribution in [-0.4, -0.2) is 6.61 Å². The zero-order valence-electron chi connectivity index (χ0n) is 20.6. The molecule has 0 amide bonds. The maximum atomic E-state index is 6.29. The first kappa shape index (κ1) is 23.8. The summed E-state index contributed by atoms with van der Waals surface area (Å²) < 4.78 is 6.29. The Morgan fingerprint density at radius 3 is 2.85 bits per heavy atom. The van der Waals surface area contributed by atoms with Crippen LogP contribution >= 0.6 is 11.3 Å². The molecule has 0 spiro atoms. The summed E-state index contributed by atoms with van der Waals surface area (Å²) in [6.07, 6.45) is 18.3. The maximum absolute atomic E-state index is 6.29. The van der Waals surface area contributed by atoms with Crippen molar-refractivity contribution in [3.63, 3.8) is 0 Å². The van der Waals surface area contributed by atoms with Crippen LogP contribution in [0, 0.1) is 23.7 Å². The van der Waals surface area contributed by atoms with Gasteiger partial charge < -0.3 is 4.74 Å². The minimum absolute atomic E-state index is 0.514. The van der Waals surface area contributed by atoms with Gasteiger partial charge in [0.1, 0.15) is 5.75 Å². The summed E-state index contributed by atoms with van der Waals surface area (Å²) in [4.78, 5) is 0. The Morgan fingerprint density at radius 2 is 2.09 bits per heavy atom. The highest BCUT2D eigenvalue weighted by Crippen LogP contribution is 2.38. The monoisotopic (exact) mass is 458 g/mol. The summed E-state index contributed by atoms with van der Waals surface area (Å²) in [5.74, 6) is 3.46. The molecule has 1 aliphatic heterocycles. The van der Waals surface area contributed by atoms with Crippen molar-refractivity contribution in [3.8, 4) is 16.9 Å². The van der Waals surface area contributed by atoms with Crippen LogP contribution in [-0.2, 0) is 6.42 Å². The first-order valence-corrected chi connectivity index (χ1v) is 13.5. The van der Waals surface area contributed by atoms with E-state index in [1.165, 1.54) is 34.3 Å². The Labute approximate surface area is 204 Å². The molecular weight excluding hydrogens is 420 g/mol. The number of allylic oxidation sites excluding steroid dienone is 8. The van der Waals surface area contributed by atoms with Crippen molar-refractivity contribution in [1.82, 2.24) is 0 Å². The average Bonchev–Trinajstić information content (AvgIpc) is 3.37. The summed E-state index contributed by atoms with van der Waals surface area (Å²) >= 11 is 1.76. The van der Waals surface area contributed by atoms with Crippen LogP contribution < -0.4 is 4.74 Å². The highest BCUT2D eigenvalue weighted by atomic mass is 32.1. The zero-order valence-corrected chi connectivity index (χ0v) is 21.4. The molecule has 174 valence electrons. The van der Waals surface area contributed by atoms with Gasteiger partial charge in [-0.1, -0.05) is 69.7 Å². The molecular formula is C31H38OS. The first-order chi connectivity index (χ1) is 16.1. The van der Waals surface area contributed by atoms with Gasteiger partial charge in [0, 0.05) is 5.92 Å². The standard InChI is InChI=1S/C31H38OS/c1-5-9-26(30-11-8-7-10-29(30)22(3)6-2)19-24-14-16-32-31-13-12-25(27-15-17-33-21-27)20-28(31)18-23(24)4/h5,7-13,15,17,20-24,29H,6,14,16,18-19H2,1-4H3. The highest BCUT2D eigenvalue weighted by molar-refractivity contribution is 7.08. The lowest BCUT2D eigenvalue weighted by atomic mass is 9.76. The first-order valence-electron chi connectivity index (χ1n) is 12.6. The smallest absolute Gasteiger partial charge is 0.122 e. The number of benzene rings is 1. The molecule has 0 saturated carbocycles. The van der Waals surface area contributed by atoms with Crippen molar-refractivity contribution >= 4 is 11.3 Å². The topological polar surface area (TPSA) is 9.23 Å². The normalized spacial score (nSPS) is 25.3. The molecule has 2 aromatic rings. The van der Waals surface area contributed by atoms with Gasteiger partial charge in [0.2, 0.25) is 0 Å². The van der Waals surface area contributed by atoms with E-state index in [4.69, 9.17) is 4.74 Å². The third-order valence-corrected chi connectivity index (χ3v) is 8.23. The van der Waals surface area contributed by atoms with Crippen LogP contribution in [0.1, 0.15) is 52.5 Å². The van der Waals surface area contributed by atoms with Gasteiger partial charge in [-0.15, -0.1) is 0 Å². The Kier molecular flexibility index (Phi) is 8.09. The molecule has 1 aromatic carbocycles. The van der Waals surface area contributed by atoms with E-state index in [1.807, 2.05) is 0 Å². The maximum Gasteiger partial charge on any atom is 0.122 e. The third-order valence-electron chi connectivity index (χ3n) is 7.55. The molecule has 4 atom stereocenters. The van der Waals surface area contributed by atoms with Gasteiger partial charge in [0.25, 0.3) is 0 Å². The van der Waals surface area contributed by atoms with Gasteiger partial charge in [-0.2, -0.15) is 11.3 Å². The van der Waals surface area contributed by atoms with Gasteiger partial charge in [-0.25, -0.2) is 0 Å². The summed E-state index contributed by atoms with van der Waals surface area (Å²) in [7, 11) is 0. The molecule has 0 saturated heterocycles. The van der Waals surface area contributed by atoms with Gasteiger partial charge in [-0.05, 0) is 101 Å². The number of hydrogen-bond donors (Lipinski definition) is 0.